The standard InChI is InChI=1S/C23H21N3O2/c1-4-8-17-12-16(14-21(27-3)22(17)28-11-5-2)13-18(15-24)23-25-19-9-6-7-10-20(19)26-23/h4-7,9-10,12-14H,1-2,8,11H2,3H3,(H,25,26)/b18-13+. The molecule has 1 aromatic heterocycles. The van der Waals surface area contributed by atoms with Crippen LogP contribution in [0.4, 0.5) is 0 Å². The van der Waals surface area contributed by atoms with E-state index in [0.29, 0.717) is 35.9 Å². The predicted octanol–water partition coefficient (Wildman–Crippen LogP) is 4.93. The van der Waals surface area contributed by atoms with Crippen LogP contribution in [0.3, 0.4) is 0 Å². The van der Waals surface area contributed by atoms with Crippen molar-refractivity contribution in [3.8, 4) is 17.6 Å². The third kappa shape index (κ3) is 3.97. The first-order valence-electron chi connectivity index (χ1n) is 8.82. The SMILES string of the molecule is C=CCOc1c(CC=C)cc(/C=C(\C#N)c2nc3ccccc3[nH]2)cc1OC. The number of nitrogens with zero attached hydrogens (tertiary/aromatic N) is 2. The Balaban J connectivity index is 2.07. The zero-order chi connectivity index (χ0) is 19.9. The largest absolute Gasteiger partial charge is 0.493 e. The van der Waals surface area contributed by atoms with Crippen molar-refractivity contribution in [3.63, 3.8) is 0 Å². The van der Waals surface area contributed by atoms with Gasteiger partial charge in [-0.3, -0.25) is 0 Å². The number of fused-ring (bicyclic) bond motifs is 1. The number of aromatic amines is 1. The first-order chi connectivity index (χ1) is 13.7. The van der Waals surface area contributed by atoms with Crippen molar-refractivity contribution in [3.05, 3.63) is 78.7 Å². The number of aromatic nitrogens is 2. The molecule has 2 aromatic carbocycles. The third-order valence-electron chi connectivity index (χ3n) is 4.16. The minimum absolute atomic E-state index is 0.373. The van der Waals surface area contributed by atoms with Gasteiger partial charge < -0.3 is 14.5 Å². The number of hydrogen-bond acceptors (Lipinski definition) is 4. The minimum Gasteiger partial charge on any atom is -0.493 e. The number of methoxy groups -OCH3 is 1. The van der Waals surface area contributed by atoms with E-state index in [9.17, 15) is 5.26 Å². The maximum Gasteiger partial charge on any atom is 0.165 e. The molecule has 140 valence electrons. The molecule has 0 atom stereocenters. The van der Waals surface area contributed by atoms with Gasteiger partial charge in [0.05, 0.1) is 23.7 Å². The second-order valence-electron chi connectivity index (χ2n) is 6.08. The Morgan fingerprint density at radius 1 is 1.25 bits per heavy atom. The summed E-state index contributed by atoms with van der Waals surface area (Å²) in [7, 11) is 1.59. The molecular weight excluding hydrogens is 350 g/mol. The Morgan fingerprint density at radius 3 is 2.75 bits per heavy atom. The van der Waals surface area contributed by atoms with Gasteiger partial charge in [0.25, 0.3) is 0 Å². The molecule has 0 bridgehead atoms. The highest BCUT2D eigenvalue weighted by molar-refractivity contribution is 5.90. The molecule has 0 amide bonds. The van der Waals surface area contributed by atoms with E-state index >= 15 is 0 Å². The lowest BCUT2D eigenvalue weighted by molar-refractivity contribution is 0.323. The van der Waals surface area contributed by atoms with Gasteiger partial charge in [0, 0.05) is 5.56 Å². The van der Waals surface area contributed by atoms with Crippen LogP contribution in [0.15, 0.2) is 61.7 Å². The van der Waals surface area contributed by atoms with Gasteiger partial charge >= 0.3 is 0 Å². The van der Waals surface area contributed by atoms with Crippen LogP contribution in [0.2, 0.25) is 0 Å². The Morgan fingerprint density at radius 2 is 2.07 bits per heavy atom. The quantitative estimate of drug-likeness (QED) is 0.450. The first-order valence-corrected chi connectivity index (χ1v) is 8.82. The second-order valence-corrected chi connectivity index (χ2v) is 6.08. The zero-order valence-corrected chi connectivity index (χ0v) is 15.7. The number of nitriles is 1. The van der Waals surface area contributed by atoms with Crippen molar-refractivity contribution < 1.29 is 9.47 Å². The lowest BCUT2D eigenvalue weighted by atomic mass is 10.0. The van der Waals surface area contributed by atoms with Crippen LogP contribution in [0.1, 0.15) is 17.0 Å². The summed E-state index contributed by atoms with van der Waals surface area (Å²) in [6.45, 7) is 7.87. The van der Waals surface area contributed by atoms with Crippen LogP contribution >= 0.6 is 0 Å². The van der Waals surface area contributed by atoms with E-state index in [4.69, 9.17) is 9.47 Å². The Kier molecular flexibility index (Phi) is 5.93. The molecular formula is C23H21N3O2. The van der Waals surface area contributed by atoms with E-state index < -0.39 is 0 Å². The molecule has 1 N–H and O–H groups in total. The highest BCUT2D eigenvalue weighted by Crippen LogP contribution is 2.35. The molecule has 5 heteroatoms. The summed E-state index contributed by atoms with van der Waals surface area (Å²) in [6.07, 6.45) is 5.87. The molecule has 0 fully saturated rings. The van der Waals surface area contributed by atoms with Gasteiger partial charge in [-0.25, -0.2) is 4.98 Å². The van der Waals surface area contributed by atoms with Gasteiger partial charge in [0.2, 0.25) is 0 Å². The van der Waals surface area contributed by atoms with Gasteiger partial charge in [0.15, 0.2) is 11.5 Å². The van der Waals surface area contributed by atoms with Gasteiger partial charge in [-0.1, -0.05) is 30.9 Å². The summed E-state index contributed by atoms with van der Waals surface area (Å²) in [4.78, 5) is 7.70. The fourth-order valence-electron chi connectivity index (χ4n) is 2.93. The Bertz CT molecular complexity index is 1050. The summed E-state index contributed by atoms with van der Waals surface area (Å²) in [5.41, 5.74) is 3.87. The molecule has 0 saturated carbocycles. The Labute approximate surface area is 164 Å². The molecule has 28 heavy (non-hydrogen) atoms. The average Bonchev–Trinajstić information content (AvgIpc) is 3.15. The third-order valence-corrected chi connectivity index (χ3v) is 4.16. The summed E-state index contributed by atoms with van der Waals surface area (Å²) in [5.74, 6) is 1.77. The number of ether oxygens (including phenoxy) is 2. The lowest BCUT2D eigenvalue weighted by Crippen LogP contribution is -2.01. The van der Waals surface area contributed by atoms with Crippen LogP contribution in [0.5, 0.6) is 11.5 Å². The lowest BCUT2D eigenvalue weighted by Gasteiger charge is -2.15. The number of para-hydroxylation sites is 2. The van der Waals surface area contributed by atoms with E-state index in [-0.39, 0.29) is 0 Å². The molecule has 0 saturated heterocycles. The summed E-state index contributed by atoms with van der Waals surface area (Å²) < 4.78 is 11.3. The predicted molar refractivity (Wildman–Crippen MR) is 112 cm³/mol. The van der Waals surface area contributed by atoms with Crippen molar-refractivity contribution in [2.45, 2.75) is 6.42 Å². The maximum absolute atomic E-state index is 9.67. The van der Waals surface area contributed by atoms with Crippen LogP contribution < -0.4 is 9.47 Å². The second kappa shape index (κ2) is 8.74. The van der Waals surface area contributed by atoms with Gasteiger partial charge in [-0.2, -0.15) is 5.26 Å². The van der Waals surface area contributed by atoms with Crippen molar-refractivity contribution >= 4 is 22.7 Å². The monoisotopic (exact) mass is 371 g/mol. The highest BCUT2D eigenvalue weighted by Gasteiger charge is 2.13. The van der Waals surface area contributed by atoms with Gasteiger partial charge in [-0.05, 0) is 42.3 Å². The average molecular weight is 371 g/mol. The van der Waals surface area contributed by atoms with Crippen LogP contribution in [-0.2, 0) is 6.42 Å². The highest BCUT2D eigenvalue weighted by atomic mass is 16.5. The molecule has 0 radical (unpaired) electrons. The molecule has 0 aliphatic heterocycles. The van der Waals surface area contributed by atoms with Gasteiger partial charge in [-0.15, -0.1) is 6.58 Å². The summed E-state index contributed by atoms with van der Waals surface area (Å²) in [5, 5.41) is 9.67. The van der Waals surface area contributed by atoms with Crippen LogP contribution in [-0.4, -0.2) is 23.7 Å². The fourth-order valence-corrected chi connectivity index (χ4v) is 2.93. The smallest absolute Gasteiger partial charge is 0.165 e. The molecule has 3 aromatic rings. The summed E-state index contributed by atoms with van der Waals surface area (Å²) >= 11 is 0. The van der Waals surface area contributed by atoms with E-state index in [1.165, 1.54) is 0 Å². The number of H-pyrrole nitrogens is 1. The number of imidazole rings is 1. The molecule has 0 spiro atoms. The molecule has 0 aliphatic carbocycles. The van der Waals surface area contributed by atoms with E-state index in [0.717, 1.165) is 22.2 Å². The number of benzene rings is 2. The molecule has 1 heterocycles. The minimum atomic E-state index is 0.373. The van der Waals surface area contributed by atoms with Crippen LogP contribution in [0.25, 0.3) is 22.7 Å². The molecule has 5 nitrogen and oxygen atoms in total. The van der Waals surface area contributed by atoms with Crippen molar-refractivity contribution in [1.29, 1.82) is 5.26 Å². The molecule has 0 unspecified atom stereocenters. The van der Waals surface area contributed by atoms with Gasteiger partial charge in [0.1, 0.15) is 18.5 Å². The topological polar surface area (TPSA) is 70.9 Å². The fraction of sp³-hybridized carbons (Fsp3) is 0.130. The van der Waals surface area contributed by atoms with Crippen molar-refractivity contribution in [2.24, 2.45) is 0 Å². The van der Waals surface area contributed by atoms with E-state index in [2.05, 4.69) is 29.2 Å². The summed E-state index contributed by atoms with van der Waals surface area (Å²) in [6, 6.07) is 13.7. The zero-order valence-electron chi connectivity index (χ0n) is 15.7. The van der Waals surface area contributed by atoms with Crippen LogP contribution in [0, 0.1) is 11.3 Å². The number of allylic oxidation sites excluding steroid dienone is 2. The van der Waals surface area contributed by atoms with Crippen molar-refractivity contribution in [2.75, 3.05) is 13.7 Å². The normalized spacial score (nSPS) is 11.1. The van der Waals surface area contributed by atoms with E-state index in [1.54, 1.807) is 25.3 Å². The first kappa shape index (κ1) is 19.0. The number of rotatable bonds is 8. The van der Waals surface area contributed by atoms with E-state index in [1.807, 2.05) is 36.4 Å². The number of hydrogen-bond donors (Lipinski definition) is 1. The Hall–Kier alpha value is -3.78. The molecule has 3 rings (SSSR count). The van der Waals surface area contributed by atoms with Crippen molar-refractivity contribution in [1.82, 2.24) is 9.97 Å². The molecule has 0 aliphatic rings. The maximum atomic E-state index is 9.67. The number of nitrogens with one attached hydrogen (secondary N) is 1.